The second kappa shape index (κ2) is 26.2. The van der Waals surface area contributed by atoms with Crippen LogP contribution in [0.2, 0.25) is 0 Å². The minimum absolute atomic E-state index is 0.170. The SMILES string of the molecule is CCCCCCCCCCC(=O)CCCCCCCC(CC(CCCC)CCCCCC)C(=O)O. The zero-order valence-electron chi connectivity index (χ0n) is 24.1. The molecule has 0 aliphatic heterocycles. The van der Waals surface area contributed by atoms with Crippen molar-refractivity contribution in [3.63, 3.8) is 0 Å². The summed E-state index contributed by atoms with van der Waals surface area (Å²) in [5.41, 5.74) is 0. The van der Waals surface area contributed by atoms with Gasteiger partial charge in [-0.1, -0.05) is 143 Å². The van der Waals surface area contributed by atoms with Crippen molar-refractivity contribution >= 4 is 11.8 Å². The molecule has 0 aliphatic rings. The maximum Gasteiger partial charge on any atom is 0.306 e. The van der Waals surface area contributed by atoms with Crippen molar-refractivity contribution in [2.75, 3.05) is 0 Å². The highest BCUT2D eigenvalue weighted by molar-refractivity contribution is 5.78. The van der Waals surface area contributed by atoms with Crippen LogP contribution in [-0.2, 0) is 9.59 Å². The number of hydrogen-bond donors (Lipinski definition) is 1. The smallest absolute Gasteiger partial charge is 0.306 e. The summed E-state index contributed by atoms with van der Waals surface area (Å²) in [7, 11) is 0. The van der Waals surface area contributed by atoms with Crippen LogP contribution < -0.4 is 0 Å². The highest BCUT2D eigenvalue weighted by Gasteiger charge is 2.22. The second-order valence-corrected chi connectivity index (χ2v) is 11.2. The molecule has 0 heterocycles. The molecule has 0 fully saturated rings. The Morgan fingerprint density at radius 1 is 0.514 bits per heavy atom. The van der Waals surface area contributed by atoms with Crippen LogP contribution in [0.5, 0.6) is 0 Å². The maximum atomic E-state index is 12.1. The number of hydrogen-bond acceptors (Lipinski definition) is 2. The van der Waals surface area contributed by atoms with E-state index in [2.05, 4.69) is 20.8 Å². The van der Waals surface area contributed by atoms with Crippen LogP contribution in [0.25, 0.3) is 0 Å². The lowest BCUT2D eigenvalue weighted by molar-refractivity contribution is -0.142. The molecule has 2 atom stereocenters. The van der Waals surface area contributed by atoms with Gasteiger partial charge in [0.2, 0.25) is 0 Å². The Bertz CT molecular complexity index is 473. The van der Waals surface area contributed by atoms with Gasteiger partial charge in [-0.2, -0.15) is 0 Å². The molecule has 0 saturated heterocycles. The summed E-state index contributed by atoms with van der Waals surface area (Å²) >= 11 is 0. The quantitative estimate of drug-likeness (QED) is 0.110. The lowest BCUT2D eigenvalue weighted by atomic mass is 9.84. The summed E-state index contributed by atoms with van der Waals surface area (Å²) in [4.78, 5) is 24.0. The van der Waals surface area contributed by atoms with Crippen LogP contribution in [-0.4, -0.2) is 16.9 Å². The molecule has 0 amide bonds. The largest absolute Gasteiger partial charge is 0.481 e. The molecular formula is C32H62O3. The van der Waals surface area contributed by atoms with Crippen molar-refractivity contribution in [3.05, 3.63) is 0 Å². The lowest BCUT2D eigenvalue weighted by Crippen LogP contribution is -2.18. The molecule has 0 spiro atoms. The summed E-state index contributed by atoms with van der Waals surface area (Å²) in [6.45, 7) is 6.72. The molecule has 0 aromatic carbocycles. The topological polar surface area (TPSA) is 54.4 Å². The highest BCUT2D eigenvalue weighted by Crippen LogP contribution is 2.28. The van der Waals surface area contributed by atoms with Gasteiger partial charge in [0.15, 0.2) is 0 Å². The average molecular weight is 495 g/mol. The minimum atomic E-state index is -0.591. The van der Waals surface area contributed by atoms with E-state index in [1.807, 2.05) is 0 Å². The van der Waals surface area contributed by atoms with E-state index in [1.54, 1.807) is 0 Å². The highest BCUT2D eigenvalue weighted by atomic mass is 16.4. The van der Waals surface area contributed by atoms with Gasteiger partial charge in [-0.25, -0.2) is 0 Å². The predicted molar refractivity (Wildman–Crippen MR) is 152 cm³/mol. The molecule has 1 N–H and O–H groups in total. The summed E-state index contributed by atoms with van der Waals surface area (Å²) in [6, 6.07) is 0. The van der Waals surface area contributed by atoms with E-state index in [9.17, 15) is 14.7 Å². The monoisotopic (exact) mass is 494 g/mol. The first-order valence-corrected chi connectivity index (χ1v) is 15.8. The van der Waals surface area contributed by atoms with Gasteiger partial charge >= 0.3 is 5.97 Å². The first kappa shape index (κ1) is 34.1. The predicted octanol–water partition coefficient (Wildman–Crippen LogP) is 10.7. The van der Waals surface area contributed by atoms with E-state index in [-0.39, 0.29) is 5.92 Å². The lowest BCUT2D eigenvalue weighted by Gasteiger charge is -2.21. The molecule has 0 aromatic heterocycles. The molecule has 0 radical (unpaired) electrons. The van der Waals surface area contributed by atoms with Crippen molar-refractivity contribution in [3.8, 4) is 0 Å². The number of carboxylic acid groups (broad SMARTS) is 1. The standard InChI is InChI=1S/C32H62O3/c1-4-7-10-12-13-14-17-21-26-31(33)27-22-18-15-16-20-25-30(32(34)35)28-29(23-9-6-3)24-19-11-8-5-2/h29-30H,4-28H2,1-3H3,(H,34,35). The van der Waals surface area contributed by atoms with E-state index >= 15 is 0 Å². The number of rotatable bonds is 28. The van der Waals surface area contributed by atoms with Crippen molar-refractivity contribution < 1.29 is 14.7 Å². The molecule has 3 nitrogen and oxygen atoms in total. The Morgan fingerprint density at radius 3 is 1.43 bits per heavy atom. The van der Waals surface area contributed by atoms with Gasteiger partial charge in [0.25, 0.3) is 0 Å². The first-order valence-electron chi connectivity index (χ1n) is 15.8. The molecule has 208 valence electrons. The Hall–Kier alpha value is -0.860. The number of ketones is 1. The fraction of sp³-hybridized carbons (Fsp3) is 0.938. The van der Waals surface area contributed by atoms with Crippen molar-refractivity contribution in [2.45, 2.75) is 181 Å². The summed E-state index contributed by atoms with van der Waals surface area (Å²) < 4.78 is 0. The number of carbonyl (C=O) groups excluding carboxylic acids is 1. The van der Waals surface area contributed by atoms with Crippen molar-refractivity contribution in [2.24, 2.45) is 11.8 Å². The van der Waals surface area contributed by atoms with E-state index in [4.69, 9.17) is 0 Å². The molecule has 0 aromatic rings. The Morgan fingerprint density at radius 2 is 0.914 bits per heavy atom. The molecule has 0 saturated carbocycles. The molecular weight excluding hydrogens is 432 g/mol. The summed E-state index contributed by atoms with van der Waals surface area (Å²) in [5, 5.41) is 9.77. The van der Waals surface area contributed by atoms with Crippen LogP contribution in [0.1, 0.15) is 181 Å². The first-order chi connectivity index (χ1) is 17.0. The van der Waals surface area contributed by atoms with Crippen molar-refractivity contribution in [1.82, 2.24) is 0 Å². The van der Waals surface area contributed by atoms with Gasteiger partial charge in [-0.3, -0.25) is 9.59 Å². The molecule has 0 bridgehead atoms. The normalized spacial score (nSPS) is 13.1. The molecule has 2 unspecified atom stereocenters. The zero-order valence-corrected chi connectivity index (χ0v) is 24.1. The van der Waals surface area contributed by atoms with Crippen molar-refractivity contribution in [1.29, 1.82) is 0 Å². The third-order valence-electron chi connectivity index (χ3n) is 7.72. The number of carboxylic acids is 1. The van der Waals surface area contributed by atoms with Crippen LogP contribution in [0, 0.1) is 11.8 Å². The van der Waals surface area contributed by atoms with Crippen LogP contribution in [0.4, 0.5) is 0 Å². The number of aliphatic carboxylic acids is 1. The third kappa shape index (κ3) is 23.3. The summed E-state index contributed by atoms with van der Waals surface area (Å²) in [5.74, 6) is 0.266. The van der Waals surface area contributed by atoms with Gasteiger partial charge < -0.3 is 5.11 Å². The van der Waals surface area contributed by atoms with Crippen LogP contribution >= 0.6 is 0 Å². The van der Waals surface area contributed by atoms with Gasteiger partial charge in [0.1, 0.15) is 5.78 Å². The second-order valence-electron chi connectivity index (χ2n) is 11.2. The maximum absolute atomic E-state index is 12.1. The Balaban J connectivity index is 3.88. The van der Waals surface area contributed by atoms with Crippen LogP contribution in [0.15, 0.2) is 0 Å². The molecule has 3 heteroatoms. The van der Waals surface area contributed by atoms with Crippen LogP contribution in [0.3, 0.4) is 0 Å². The minimum Gasteiger partial charge on any atom is -0.481 e. The van der Waals surface area contributed by atoms with E-state index in [0.29, 0.717) is 11.7 Å². The van der Waals surface area contributed by atoms with E-state index in [0.717, 1.165) is 64.2 Å². The Labute approximate surface area is 219 Å². The van der Waals surface area contributed by atoms with E-state index in [1.165, 1.54) is 96.3 Å². The fourth-order valence-corrected chi connectivity index (χ4v) is 5.30. The van der Waals surface area contributed by atoms with Gasteiger partial charge in [0.05, 0.1) is 5.92 Å². The summed E-state index contributed by atoms with van der Waals surface area (Å²) in [6.07, 6.45) is 28.8. The Kier molecular flexibility index (Phi) is 25.6. The zero-order chi connectivity index (χ0) is 26.0. The molecule has 0 aliphatic carbocycles. The number of Topliss-reactive ketones (excluding diaryl/α,β-unsaturated/α-hetero) is 1. The third-order valence-corrected chi connectivity index (χ3v) is 7.72. The fourth-order valence-electron chi connectivity index (χ4n) is 5.30. The number of unbranched alkanes of at least 4 members (excludes halogenated alkanes) is 15. The van der Waals surface area contributed by atoms with Gasteiger partial charge in [-0.05, 0) is 31.6 Å². The average Bonchev–Trinajstić information content (AvgIpc) is 2.84. The van der Waals surface area contributed by atoms with Gasteiger partial charge in [-0.15, -0.1) is 0 Å². The van der Waals surface area contributed by atoms with E-state index < -0.39 is 5.97 Å². The van der Waals surface area contributed by atoms with Gasteiger partial charge in [0, 0.05) is 12.8 Å². The number of carbonyl (C=O) groups is 2. The molecule has 35 heavy (non-hydrogen) atoms. The molecule has 0 rings (SSSR count).